The summed E-state index contributed by atoms with van der Waals surface area (Å²) in [6, 6.07) is 11.8. The normalized spacial score (nSPS) is 14.4. The van der Waals surface area contributed by atoms with Crippen LogP contribution >= 0.6 is 0 Å². The average molecular weight is 399 g/mol. The lowest BCUT2D eigenvalue weighted by Crippen LogP contribution is -2.46. The number of carbonyl (C=O) groups excluding carboxylic acids is 1. The lowest BCUT2D eigenvalue weighted by atomic mass is 10.1. The number of hydrogen-bond donors (Lipinski definition) is 1. The van der Waals surface area contributed by atoms with E-state index in [1.54, 1.807) is 14.2 Å². The van der Waals surface area contributed by atoms with E-state index in [-0.39, 0.29) is 12.1 Å². The van der Waals surface area contributed by atoms with E-state index in [1.807, 2.05) is 29.2 Å². The van der Waals surface area contributed by atoms with Crippen molar-refractivity contribution in [1.29, 1.82) is 0 Å². The van der Waals surface area contributed by atoms with Crippen molar-refractivity contribution in [3.63, 3.8) is 0 Å². The van der Waals surface area contributed by atoms with Crippen LogP contribution in [0.5, 0.6) is 17.2 Å². The van der Waals surface area contributed by atoms with Gasteiger partial charge < -0.3 is 24.4 Å². The van der Waals surface area contributed by atoms with Crippen LogP contribution < -0.4 is 19.5 Å². The highest BCUT2D eigenvalue weighted by Gasteiger charge is 2.24. The van der Waals surface area contributed by atoms with Gasteiger partial charge >= 0.3 is 6.03 Å². The number of nitrogens with one attached hydrogen (secondary N) is 1. The molecule has 1 aliphatic heterocycles. The Morgan fingerprint density at radius 2 is 1.69 bits per heavy atom. The average Bonchev–Trinajstić information content (AvgIpc) is 2.75. The fourth-order valence-electron chi connectivity index (χ4n) is 3.61. The van der Waals surface area contributed by atoms with Gasteiger partial charge in [-0.1, -0.05) is 24.3 Å². The first-order valence-corrected chi connectivity index (χ1v) is 9.98. The van der Waals surface area contributed by atoms with Crippen molar-refractivity contribution in [3.8, 4) is 17.2 Å². The Bertz CT molecular complexity index is 825. The van der Waals surface area contributed by atoms with E-state index in [2.05, 4.69) is 31.3 Å². The van der Waals surface area contributed by atoms with Crippen molar-refractivity contribution < 1.29 is 19.0 Å². The summed E-state index contributed by atoms with van der Waals surface area (Å²) >= 11 is 0. The Labute approximate surface area is 172 Å². The Balaban J connectivity index is 1.49. The number of nitrogens with zero attached hydrogens (tertiary/aromatic N) is 1. The van der Waals surface area contributed by atoms with Crippen molar-refractivity contribution in [1.82, 2.24) is 10.2 Å². The number of piperidine rings is 1. The molecule has 0 radical (unpaired) electrons. The predicted octanol–water partition coefficient (Wildman–Crippen LogP) is 4.07. The maximum Gasteiger partial charge on any atom is 0.317 e. The number of hydrogen-bond acceptors (Lipinski definition) is 4. The van der Waals surface area contributed by atoms with E-state index < -0.39 is 0 Å². The zero-order valence-corrected chi connectivity index (χ0v) is 17.7. The van der Waals surface area contributed by atoms with Gasteiger partial charge in [0.15, 0.2) is 11.5 Å². The maximum atomic E-state index is 12.5. The zero-order chi connectivity index (χ0) is 20.8. The predicted molar refractivity (Wildman–Crippen MR) is 113 cm³/mol. The van der Waals surface area contributed by atoms with Crippen LogP contribution in [-0.2, 0) is 6.54 Å². The second-order valence-corrected chi connectivity index (χ2v) is 7.37. The number of para-hydroxylation sites is 1. The highest BCUT2D eigenvalue weighted by atomic mass is 16.5. The van der Waals surface area contributed by atoms with Gasteiger partial charge in [-0.2, -0.15) is 0 Å². The van der Waals surface area contributed by atoms with Crippen molar-refractivity contribution in [2.45, 2.75) is 39.3 Å². The molecule has 3 rings (SSSR count). The quantitative estimate of drug-likeness (QED) is 0.797. The van der Waals surface area contributed by atoms with Crippen LogP contribution in [-0.4, -0.2) is 44.3 Å². The van der Waals surface area contributed by atoms with Crippen LogP contribution in [0, 0.1) is 13.8 Å². The van der Waals surface area contributed by atoms with Gasteiger partial charge in [0.1, 0.15) is 11.9 Å². The fraction of sp³-hybridized carbons (Fsp3) is 0.435. The minimum absolute atomic E-state index is 0.0506. The van der Waals surface area contributed by atoms with Gasteiger partial charge in [-0.15, -0.1) is 0 Å². The smallest absolute Gasteiger partial charge is 0.317 e. The Morgan fingerprint density at radius 1 is 1.03 bits per heavy atom. The maximum absolute atomic E-state index is 12.5. The SMILES string of the molecule is COc1ccc(CNC(=O)N2CCC(Oc3c(C)cccc3C)CC2)cc1OC. The van der Waals surface area contributed by atoms with Crippen LogP contribution in [0.15, 0.2) is 36.4 Å². The second kappa shape index (κ2) is 9.54. The first kappa shape index (κ1) is 20.8. The van der Waals surface area contributed by atoms with Crippen LogP contribution in [0.1, 0.15) is 29.5 Å². The largest absolute Gasteiger partial charge is 0.493 e. The minimum Gasteiger partial charge on any atom is -0.493 e. The van der Waals surface area contributed by atoms with Gasteiger partial charge in [-0.25, -0.2) is 4.79 Å². The lowest BCUT2D eigenvalue weighted by molar-refractivity contribution is 0.110. The van der Waals surface area contributed by atoms with E-state index in [4.69, 9.17) is 14.2 Å². The molecule has 1 N–H and O–H groups in total. The van der Waals surface area contributed by atoms with Crippen molar-refractivity contribution in [3.05, 3.63) is 53.1 Å². The number of methoxy groups -OCH3 is 2. The van der Waals surface area contributed by atoms with Crippen molar-refractivity contribution in [2.24, 2.45) is 0 Å². The highest BCUT2D eigenvalue weighted by Crippen LogP contribution is 2.28. The summed E-state index contributed by atoms with van der Waals surface area (Å²) in [6.07, 6.45) is 1.81. The molecule has 0 aliphatic carbocycles. The molecule has 0 unspecified atom stereocenters. The molecule has 1 fully saturated rings. The Kier molecular flexibility index (Phi) is 6.86. The highest BCUT2D eigenvalue weighted by molar-refractivity contribution is 5.74. The standard InChI is InChI=1S/C23H30N2O4/c1-16-6-5-7-17(2)22(16)29-19-10-12-25(13-11-19)23(26)24-15-18-8-9-20(27-3)21(14-18)28-4/h5-9,14,19H,10-13,15H2,1-4H3,(H,24,26). The third-order valence-electron chi connectivity index (χ3n) is 5.31. The molecule has 0 saturated carbocycles. The first-order valence-electron chi connectivity index (χ1n) is 9.98. The van der Waals surface area contributed by atoms with Gasteiger partial charge in [-0.3, -0.25) is 0 Å². The molecule has 0 atom stereocenters. The molecule has 6 heteroatoms. The molecule has 2 aromatic rings. The molecular weight excluding hydrogens is 368 g/mol. The molecule has 0 spiro atoms. The molecule has 0 aromatic heterocycles. The number of amides is 2. The molecule has 1 saturated heterocycles. The van der Waals surface area contributed by atoms with Gasteiger partial charge in [0, 0.05) is 32.5 Å². The summed E-state index contributed by atoms with van der Waals surface area (Å²) in [5.74, 6) is 2.31. The topological polar surface area (TPSA) is 60.0 Å². The third kappa shape index (κ3) is 5.13. The van der Waals surface area contributed by atoms with Crippen molar-refractivity contribution in [2.75, 3.05) is 27.3 Å². The first-order chi connectivity index (χ1) is 14.0. The molecule has 1 heterocycles. The summed E-state index contributed by atoms with van der Waals surface area (Å²) in [4.78, 5) is 14.4. The number of urea groups is 1. The van der Waals surface area contributed by atoms with E-state index in [0.717, 1.165) is 35.3 Å². The molecule has 156 valence electrons. The van der Waals surface area contributed by atoms with E-state index >= 15 is 0 Å². The Hall–Kier alpha value is -2.89. The third-order valence-corrected chi connectivity index (χ3v) is 5.31. The molecule has 0 bridgehead atoms. The van der Waals surface area contributed by atoms with Crippen LogP contribution in [0.25, 0.3) is 0 Å². The number of benzene rings is 2. The zero-order valence-electron chi connectivity index (χ0n) is 17.7. The monoisotopic (exact) mass is 398 g/mol. The lowest BCUT2D eigenvalue weighted by Gasteiger charge is -2.32. The van der Waals surface area contributed by atoms with Gasteiger partial charge in [-0.05, 0) is 42.7 Å². The summed E-state index contributed by atoms with van der Waals surface area (Å²) in [5.41, 5.74) is 3.27. The summed E-state index contributed by atoms with van der Waals surface area (Å²) < 4.78 is 16.8. The molecule has 29 heavy (non-hydrogen) atoms. The van der Waals surface area contributed by atoms with Crippen LogP contribution in [0.4, 0.5) is 4.79 Å². The van der Waals surface area contributed by atoms with E-state index in [1.165, 1.54) is 0 Å². The van der Waals surface area contributed by atoms with Crippen molar-refractivity contribution >= 4 is 6.03 Å². The number of carbonyl (C=O) groups is 1. The second-order valence-electron chi connectivity index (χ2n) is 7.37. The van der Waals surface area contributed by atoms with Gasteiger partial charge in [0.05, 0.1) is 14.2 Å². The molecular formula is C23H30N2O4. The Morgan fingerprint density at radius 3 is 2.31 bits per heavy atom. The van der Waals surface area contributed by atoms with Gasteiger partial charge in [0.25, 0.3) is 0 Å². The fourth-order valence-corrected chi connectivity index (χ4v) is 3.61. The molecule has 1 aliphatic rings. The number of rotatable bonds is 6. The molecule has 2 aromatic carbocycles. The van der Waals surface area contributed by atoms with Gasteiger partial charge in [0.2, 0.25) is 0 Å². The summed E-state index contributed by atoms with van der Waals surface area (Å²) in [5, 5.41) is 2.99. The van der Waals surface area contributed by atoms with Crippen LogP contribution in [0.2, 0.25) is 0 Å². The summed E-state index contributed by atoms with van der Waals surface area (Å²) in [7, 11) is 3.21. The molecule has 6 nitrogen and oxygen atoms in total. The van der Waals surface area contributed by atoms with E-state index in [0.29, 0.717) is 31.1 Å². The summed E-state index contributed by atoms with van der Waals surface area (Å²) in [6.45, 7) is 5.96. The van der Waals surface area contributed by atoms with E-state index in [9.17, 15) is 4.79 Å². The number of likely N-dealkylation sites (tertiary alicyclic amines) is 1. The number of ether oxygens (including phenoxy) is 3. The number of aryl methyl sites for hydroxylation is 2. The molecule has 2 amide bonds. The van der Waals surface area contributed by atoms with Crippen LogP contribution in [0.3, 0.4) is 0 Å². The minimum atomic E-state index is -0.0506.